The van der Waals surface area contributed by atoms with Gasteiger partial charge in [0.05, 0.1) is 5.25 Å². The lowest BCUT2D eigenvalue weighted by atomic mass is 10.4. The highest BCUT2D eigenvalue weighted by molar-refractivity contribution is 9.10. The van der Waals surface area contributed by atoms with E-state index in [2.05, 4.69) is 15.9 Å². The van der Waals surface area contributed by atoms with E-state index in [1.54, 1.807) is 6.92 Å². The van der Waals surface area contributed by atoms with Gasteiger partial charge in [-0.25, -0.2) is 0 Å². The van der Waals surface area contributed by atoms with Crippen LogP contribution in [0.5, 0.6) is 0 Å². The first-order chi connectivity index (χ1) is 8.40. The summed E-state index contributed by atoms with van der Waals surface area (Å²) in [5, 5.41) is 8.32. The van der Waals surface area contributed by atoms with E-state index < -0.39 is 5.97 Å². The van der Waals surface area contributed by atoms with Crippen LogP contribution in [0.4, 0.5) is 0 Å². The van der Waals surface area contributed by atoms with Gasteiger partial charge < -0.3 is 10.0 Å². The van der Waals surface area contributed by atoms with Gasteiger partial charge in [0.15, 0.2) is 0 Å². The van der Waals surface area contributed by atoms with Crippen LogP contribution in [0, 0.1) is 0 Å². The van der Waals surface area contributed by atoms with Gasteiger partial charge in [-0.1, -0.05) is 15.9 Å². The quantitative estimate of drug-likeness (QED) is 0.842. The third kappa shape index (κ3) is 4.70. The van der Waals surface area contributed by atoms with Crippen molar-refractivity contribution in [2.24, 2.45) is 0 Å². The Hall–Kier alpha value is -1.01. The number of hydrogen-bond acceptors (Lipinski definition) is 3. The molecule has 98 valence electrons. The van der Waals surface area contributed by atoms with Gasteiger partial charge in [-0.15, -0.1) is 11.8 Å². The fourth-order valence-corrected chi connectivity index (χ4v) is 2.61. The zero-order valence-corrected chi connectivity index (χ0v) is 12.5. The molecule has 0 radical (unpaired) electrons. The van der Waals surface area contributed by atoms with Gasteiger partial charge in [-0.2, -0.15) is 0 Å². The van der Waals surface area contributed by atoms with Crippen LogP contribution in [0.25, 0.3) is 0 Å². The molecular weight excluding hydrogens is 318 g/mol. The van der Waals surface area contributed by atoms with Crippen molar-refractivity contribution < 1.29 is 14.7 Å². The Kier molecular flexibility index (Phi) is 5.68. The van der Waals surface area contributed by atoms with Crippen molar-refractivity contribution in [1.29, 1.82) is 0 Å². The molecule has 1 unspecified atom stereocenters. The molecule has 1 aromatic rings. The van der Waals surface area contributed by atoms with Crippen LogP contribution in [-0.2, 0) is 9.59 Å². The molecular formula is C12H14BrNO3S. The summed E-state index contributed by atoms with van der Waals surface area (Å²) < 4.78 is 0.980. The Morgan fingerprint density at radius 1 is 1.39 bits per heavy atom. The van der Waals surface area contributed by atoms with E-state index in [9.17, 15) is 9.59 Å². The number of thioether (sulfide) groups is 1. The molecule has 0 bridgehead atoms. The highest BCUT2D eigenvalue weighted by Crippen LogP contribution is 2.25. The van der Waals surface area contributed by atoms with E-state index in [1.165, 1.54) is 23.7 Å². The number of halogens is 1. The molecule has 0 heterocycles. The summed E-state index contributed by atoms with van der Waals surface area (Å²) in [6, 6.07) is 7.63. The number of carboxylic acid groups (broad SMARTS) is 1. The minimum absolute atomic E-state index is 0.190. The Morgan fingerprint density at radius 2 is 1.94 bits per heavy atom. The minimum atomic E-state index is -1.01. The second kappa shape index (κ2) is 6.80. The van der Waals surface area contributed by atoms with Crippen LogP contribution in [0.3, 0.4) is 0 Å². The molecule has 0 aliphatic rings. The van der Waals surface area contributed by atoms with E-state index in [4.69, 9.17) is 5.11 Å². The molecule has 18 heavy (non-hydrogen) atoms. The Labute approximate surface area is 118 Å². The lowest BCUT2D eigenvalue weighted by Crippen LogP contribution is -2.36. The van der Waals surface area contributed by atoms with Crippen molar-refractivity contribution >= 4 is 39.6 Å². The summed E-state index contributed by atoms with van der Waals surface area (Å²) >= 11 is 4.75. The van der Waals surface area contributed by atoms with E-state index >= 15 is 0 Å². The van der Waals surface area contributed by atoms with Crippen LogP contribution >= 0.6 is 27.7 Å². The van der Waals surface area contributed by atoms with E-state index in [-0.39, 0.29) is 17.7 Å². The first kappa shape index (κ1) is 15.0. The van der Waals surface area contributed by atoms with Gasteiger partial charge in [-0.3, -0.25) is 9.59 Å². The molecule has 0 saturated carbocycles. The maximum Gasteiger partial charge on any atom is 0.323 e. The number of rotatable bonds is 5. The van der Waals surface area contributed by atoms with Gasteiger partial charge in [-0.05, 0) is 31.2 Å². The normalized spacial score (nSPS) is 11.9. The van der Waals surface area contributed by atoms with Crippen LogP contribution < -0.4 is 0 Å². The largest absolute Gasteiger partial charge is 0.480 e. The van der Waals surface area contributed by atoms with Crippen molar-refractivity contribution in [2.45, 2.75) is 17.1 Å². The van der Waals surface area contributed by atoms with E-state index in [1.807, 2.05) is 24.3 Å². The number of aliphatic carboxylic acids is 1. The summed E-state index contributed by atoms with van der Waals surface area (Å²) in [6.07, 6.45) is 0. The number of carbonyl (C=O) groups excluding carboxylic acids is 1. The third-order valence-corrected chi connectivity index (χ3v) is 3.85. The average molecular weight is 332 g/mol. The summed E-state index contributed by atoms with van der Waals surface area (Å²) in [7, 11) is 1.50. The molecule has 4 nitrogen and oxygen atoms in total. The molecule has 0 fully saturated rings. The second-order valence-electron chi connectivity index (χ2n) is 3.80. The number of likely N-dealkylation sites (N-methyl/N-ethyl adjacent to an activating group) is 1. The Bertz CT molecular complexity index is 435. The summed E-state index contributed by atoms with van der Waals surface area (Å²) in [4.78, 5) is 24.6. The molecule has 1 N–H and O–H groups in total. The molecule has 0 aliphatic heterocycles. The molecule has 6 heteroatoms. The number of amides is 1. The molecule has 1 rings (SSSR count). The van der Waals surface area contributed by atoms with Gasteiger partial charge >= 0.3 is 5.97 Å². The maximum atomic E-state index is 11.9. The van der Waals surface area contributed by atoms with Crippen molar-refractivity contribution in [2.75, 3.05) is 13.6 Å². The fourth-order valence-electron chi connectivity index (χ4n) is 1.36. The smallest absolute Gasteiger partial charge is 0.323 e. The monoisotopic (exact) mass is 331 g/mol. The molecule has 0 aliphatic carbocycles. The molecule has 0 saturated heterocycles. The number of nitrogens with zero attached hydrogens (tertiary/aromatic N) is 1. The zero-order valence-electron chi connectivity index (χ0n) is 10.1. The molecule has 1 amide bonds. The van der Waals surface area contributed by atoms with Crippen LogP contribution in [0.2, 0.25) is 0 Å². The van der Waals surface area contributed by atoms with E-state index in [0.29, 0.717) is 0 Å². The molecule has 1 atom stereocenters. The molecule has 1 aromatic carbocycles. The average Bonchev–Trinajstić information content (AvgIpc) is 2.30. The number of benzene rings is 1. The van der Waals surface area contributed by atoms with Crippen LogP contribution in [0.15, 0.2) is 33.6 Å². The van der Waals surface area contributed by atoms with Crippen LogP contribution in [-0.4, -0.2) is 40.7 Å². The summed E-state index contributed by atoms with van der Waals surface area (Å²) in [5.74, 6) is -1.20. The van der Waals surface area contributed by atoms with Crippen molar-refractivity contribution in [3.8, 4) is 0 Å². The number of carboxylic acids is 1. The number of carbonyl (C=O) groups is 2. The summed E-state index contributed by atoms with van der Waals surface area (Å²) in [6.45, 7) is 1.50. The molecule has 0 aromatic heterocycles. The summed E-state index contributed by atoms with van der Waals surface area (Å²) in [5.41, 5.74) is 0. The number of hydrogen-bond donors (Lipinski definition) is 1. The molecule has 0 spiro atoms. The first-order valence-electron chi connectivity index (χ1n) is 5.29. The SMILES string of the molecule is CC(Sc1ccc(Br)cc1)C(=O)N(C)CC(=O)O. The van der Waals surface area contributed by atoms with Crippen LogP contribution in [0.1, 0.15) is 6.92 Å². The van der Waals surface area contributed by atoms with Gasteiger partial charge in [0.2, 0.25) is 5.91 Å². The lowest BCUT2D eigenvalue weighted by molar-refractivity contribution is -0.143. The topological polar surface area (TPSA) is 57.6 Å². The van der Waals surface area contributed by atoms with Crippen molar-refractivity contribution in [3.63, 3.8) is 0 Å². The van der Waals surface area contributed by atoms with Gasteiger partial charge in [0, 0.05) is 16.4 Å². The second-order valence-corrected chi connectivity index (χ2v) is 6.13. The van der Waals surface area contributed by atoms with Gasteiger partial charge in [0.1, 0.15) is 6.54 Å². The van der Waals surface area contributed by atoms with Crippen molar-refractivity contribution in [1.82, 2.24) is 4.90 Å². The lowest BCUT2D eigenvalue weighted by Gasteiger charge is -2.19. The highest BCUT2D eigenvalue weighted by atomic mass is 79.9. The van der Waals surface area contributed by atoms with Gasteiger partial charge in [0.25, 0.3) is 0 Å². The maximum absolute atomic E-state index is 11.9. The predicted octanol–water partition coefficient (Wildman–Crippen LogP) is 2.47. The highest BCUT2D eigenvalue weighted by Gasteiger charge is 2.20. The Morgan fingerprint density at radius 3 is 2.44 bits per heavy atom. The van der Waals surface area contributed by atoms with Crippen molar-refractivity contribution in [3.05, 3.63) is 28.7 Å². The minimum Gasteiger partial charge on any atom is -0.480 e. The first-order valence-corrected chi connectivity index (χ1v) is 6.96. The third-order valence-electron chi connectivity index (χ3n) is 2.22. The zero-order chi connectivity index (χ0) is 13.7. The predicted molar refractivity (Wildman–Crippen MR) is 74.7 cm³/mol. The standard InChI is InChI=1S/C12H14BrNO3S/c1-8(12(17)14(2)7-11(15)16)18-10-5-3-9(13)4-6-10/h3-6,8H,7H2,1-2H3,(H,15,16). The Balaban J connectivity index is 2.59. The van der Waals surface area contributed by atoms with E-state index in [0.717, 1.165) is 9.37 Å². The fraction of sp³-hybridized carbons (Fsp3) is 0.333.